The van der Waals surface area contributed by atoms with Crippen LogP contribution in [0, 0.1) is 6.92 Å². The Morgan fingerprint density at radius 1 is 1.16 bits per heavy atom. The van der Waals surface area contributed by atoms with Crippen molar-refractivity contribution in [2.45, 2.75) is 56.4 Å². The van der Waals surface area contributed by atoms with Crippen LogP contribution in [0.25, 0.3) is 0 Å². The highest BCUT2D eigenvalue weighted by molar-refractivity contribution is 7.89. The second-order valence-corrected chi connectivity index (χ2v) is 8.84. The number of benzene rings is 1. The van der Waals surface area contributed by atoms with Gasteiger partial charge in [-0.2, -0.15) is 4.31 Å². The number of anilines is 1. The van der Waals surface area contributed by atoms with E-state index in [1.807, 2.05) is 0 Å². The highest BCUT2D eigenvalue weighted by Gasteiger charge is 2.27. The van der Waals surface area contributed by atoms with Crippen molar-refractivity contribution in [3.05, 3.63) is 23.8 Å². The molecular formula is C18H27N3O3S. The smallest absolute Gasteiger partial charge is 0.243 e. The Balaban J connectivity index is 1.81. The maximum atomic E-state index is 13.1. The zero-order valence-corrected chi connectivity index (χ0v) is 15.6. The van der Waals surface area contributed by atoms with Crippen LogP contribution in [0.4, 0.5) is 5.69 Å². The molecule has 0 saturated carbocycles. The minimum atomic E-state index is -3.53. The summed E-state index contributed by atoms with van der Waals surface area (Å²) < 4.78 is 27.7. The van der Waals surface area contributed by atoms with E-state index in [1.165, 1.54) is 0 Å². The third-order valence-corrected chi connectivity index (χ3v) is 7.06. The molecule has 0 aromatic heterocycles. The van der Waals surface area contributed by atoms with E-state index >= 15 is 0 Å². The van der Waals surface area contributed by atoms with Gasteiger partial charge in [-0.15, -0.1) is 0 Å². The summed E-state index contributed by atoms with van der Waals surface area (Å²) in [6, 6.07) is 4.95. The number of aryl methyl sites for hydroxylation is 1. The summed E-state index contributed by atoms with van der Waals surface area (Å²) in [6.45, 7) is 3.80. The minimum absolute atomic E-state index is 0.0977. The highest BCUT2D eigenvalue weighted by atomic mass is 32.2. The average Bonchev–Trinajstić information content (AvgIpc) is 2.98. The first-order valence-corrected chi connectivity index (χ1v) is 10.6. The highest BCUT2D eigenvalue weighted by Crippen LogP contribution is 2.26. The summed E-state index contributed by atoms with van der Waals surface area (Å²) in [5.74, 6) is -0.0977. The number of nitrogens with one attached hydrogen (secondary N) is 2. The molecule has 6 nitrogen and oxygen atoms in total. The summed E-state index contributed by atoms with van der Waals surface area (Å²) in [7, 11) is -3.53. The lowest BCUT2D eigenvalue weighted by molar-refractivity contribution is -0.117. The van der Waals surface area contributed by atoms with Gasteiger partial charge in [-0.1, -0.05) is 18.9 Å². The quantitative estimate of drug-likeness (QED) is 0.858. The van der Waals surface area contributed by atoms with Gasteiger partial charge in [0, 0.05) is 18.8 Å². The van der Waals surface area contributed by atoms with Crippen LogP contribution in [0.3, 0.4) is 0 Å². The molecule has 2 N–H and O–H groups in total. The van der Waals surface area contributed by atoms with Crippen LogP contribution in [0.5, 0.6) is 0 Å². The molecule has 2 heterocycles. The lowest BCUT2D eigenvalue weighted by Gasteiger charge is -2.22. The summed E-state index contributed by atoms with van der Waals surface area (Å²) in [5, 5.41) is 6.01. The molecule has 1 aromatic carbocycles. The number of amides is 1. The number of nitrogens with zero attached hydrogens (tertiary/aromatic N) is 1. The van der Waals surface area contributed by atoms with Crippen molar-refractivity contribution in [3.63, 3.8) is 0 Å². The number of carbonyl (C=O) groups excluding carboxylic acids is 1. The van der Waals surface area contributed by atoms with Crippen LogP contribution in [0.1, 0.15) is 44.1 Å². The van der Waals surface area contributed by atoms with Crippen molar-refractivity contribution in [2.75, 3.05) is 25.0 Å². The van der Waals surface area contributed by atoms with Gasteiger partial charge < -0.3 is 10.6 Å². The Labute approximate surface area is 150 Å². The first kappa shape index (κ1) is 18.4. The molecule has 0 bridgehead atoms. The van der Waals surface area contributed by atoms with E-state index in [9.17, 15) is 13.2 Å². The van der Waals surface area contributed by atoms with E-state index in [0.717, 1.165) is 45.1 Å². The SMILES string of the molecule is Cc1ccc(NC(=O)C2CCCN2)cc1S(=O)(=O)N1CCCCCC1. The van der Waals surface area contributed by atoms with Gasteiger partial charge >= 0.3 is 0 Å². The summed E-state index contributed by atoms with van der Waals surface area (Å²) in [6.07, 6.45) is 5.77. The fraction of sp³-hybridized carbons (Fsp3) is 0.611. The standard InChI is InChI=1S/C18H27N3O3S/c1-14-8-9-15(20-18(22)16-7-6-10-19-16)13-17(14)25(23,24)21-11-4-2-3-5-12-21/h8-9,13,16,19H,2-7,10-12H2,1H3,(H,20,22). The van der Waals surface area contributed by atoms with Gasteiger partial charge in [0.25, 0.3) is 0 Å². The van der Waals surface area contributed by atoms with Crippen LogP contribution in [-0.2, 0) is 14.8 Å². The van der Waals surface area contributed by atoms with E-state index in [0.29, 0.717) is 29.2 Å². The number of carbonyl (C=O) groups is 1. The molecule has 1 aromatic rings. The van der Waals surface area contributed by atoms with Crippen molar-refractivity contribution in [1.29, 1.82) is 0 Å². The molecule has 1 atom stereocenters. The van der Waals surface area contributed by atoms with Gasteiger partial charge in [-0.25, -0.2) is 8.42 Å². The summed E-state index contributed by atoms with van der Waals surface area (Å²) in [4.78, 5) is 12.6. The monoisotopic (exact) mass is 365 g/mol. The van der Waals surface area contributed by atoms with E-state index in [-0.39, 0.29) is 11.9 Å². The maximum absolute atomic E-state index is 13.1. The van der Waals surface area contributed by atoms with Crippen molar-refractivity contribution in [3.8, 4) is 0 Å². The number of hydrogen-bond acceptors (Lipinski definition) is 4. The minimum Gasteiger partial charge on any atom is -0.325 e. The molecule has 3 rings (SSSR count). The van der Waals surface area contributed by atoms with Crippen molar-refractivity contribution in [2.24, 2.45) is 0 Å². The normalized spacial score (nSPS) is 22.5. The predicted molar refractivity (Wildman–Crippen MR) is 98.1 cm³/mol. The molecule has 138 valence electrons. The maximum Gasteiger partial charge on any atom is 0.243 e. The molecule has 1 amide bonds. The molecule has 1 unspecified atom stereocenters. The van der Waals surface area contributed by atoms with Crippen molar-refractivity contribution in [1.82, 2.24) is 9.62 Å². The van der Waals surface area contributed by atoms with Gasteiger partial charge in [-0.3, -0.25) is 4.79 Å². The molecular weight excluding hydrogens is 338 g/mol. The second kappa shape index (κ2) is 7.85. The van der Waals surface area contributed by atoms with Crippen LogP contribution >= 0.6 is 0 Å². The van der Waals surface area contributed by atoms with Gasteiger partial charge in [-0.05, 0) is 56.8 Å². The molecule has 2 fully saturated rings. The lowest BCUT2D eigenvalue weighted by Crippen LogP contribution is -2.35. The number of hydrogen-bond donors (Lipinski definition) is 2. The Bertz CT molecular complexity index is 719. The van der Waals surface area contributed by atoms with Gasteiger partial charge in [0.1, 0.15) is 0 Å². The Morgan fingerprint density at radius 3 is 2.52 bits per heavy atom. The van der Waals surface area contributed by atoms with E-state index in [2.05, 4.69) is 10.6 Å². The molecule has 0 radical (unpaired) electrons. The topological polar surface area (TPSA) is 78.5 Å². The lowest BCUT2D eigenvalue weighted by atomic mass is 10.2. The largest absolute Gasteiger partial charge is 0.325 e. The number of rotatable bonds is 4. The first-order chi connectivity index (χ1) is 12.0. The third-order valence-electron chi connectivity index (χ3n) is 5.02. The molecule has 25 heavy (non-hydrogen) atoms. The molecule has 2 aliphatic rings. The van der Waals surface area contributed by atoms with Gasteiger partial charge in [0.2, 0.25) is 15.9 Å². The molecule has 2 aliphatic heterocycles. The average molecular weight is 365 g/mol. The second-order valence-electron chi connectivity index (χ2n) is 6.94. The van der Waals surface area contributed by atoms with Crippen molar-refractivity contribution < 1.29 is 13.2 Å². The molecule has 0 spiro atoms. The fourth-order valence-corrected chi connectivity index (χ4v) is 5.28. The van der Waals surface area contributed by atoms with Gasteiger partial charge in [0.05, 0.1) is 10.9 Å². The zero-order valence-electron chi connectivity index (χ0n) is 14.8. The summed E-state index contributed by atoms with van der Waals surface area (Å²) in [5.41, 5.74) is 1.25. The van der Waals surface area contributed by atoms with E-state index in [1.54, 1.807) is 29.4 Å². The zero-order chi connectivity index (χ0) is 17.9. The molecule has 0 aliphatic carbocycles. The number of sulfonamides is 1. The van der Waals surface area contributed by atoms with Gasteiger partial charge in [0.15, 0.2) is 0 Å². The van der Waals surface area contributed by atoms with Crippen LogP contribution in [0.2, 0.25) is 0 Å². The predicted octanol–water partition coefficient (Wildman–Crippen LogP) is 2.25. The van der Waals surface area contributed by atoms with E-state index < -0.39 is 10.0 Å². The van der Waals surface area contributed by atoms with Crippen molar-refractivity contribution >= 4 is 21.6 Å². The van der Waals surface area contributed by atoms with E-state index in [4.69, 9.17) is 0 Å². The van der Waals surface area contributed by atoms with Crippen LogP contribution in [0.15, 0.2) is 23.1 Å². The molecule has 7 heteroatoms. The Kier molecular flexibility index (Phi) is 5.76. The first-order valence-electron chi connectivity index (χ1n) is 9.13. The third kappa shape index (κ3) is 4.22. The van der Waals surface area contributed by atoms with Crippen LogP contribution in [-0.4, -0.2) is 44.3 Å². The summed E-state index contributed by atoms with van der Waals surface area (Å²) >= 11 is 0. The Hall–Kier alpha value is -1.44. The Morgan fingerprint density at radius 2 is 1.88 bits per heavy atom. The molecule has 2 saturated heterocycles. The van der Waals surface area contributed by atoms with Crippen LogP contribution < -0.4 is 10.6 Å². The fourth-order valence-electron chi connectivity index (χ4n) is 3.51.